The van der Waals surface area contributed by atoms with Crippen LogP contribution in [0.5, 0.6) is 0 Å². The molecule has 0 aliphatic rings. The summed E-state index contributed by atoms with van der Waals surface area (Å²) in [4.78, 5) is 17.3. The fourth-order valence-corrected chi connectivity index (χ4v) is 1.98. The molecular weight excluding hydrogens is 543 g/mol. The minimum absolute atomic E-state index is 0. The van der Waals surface area contributed by atoms with E-state index in [0.29, 0.717) is 0 Å². The van der Waals surface area contributed by atoms with Crippen LogP contribution >= 0.6 is 49.6 Å². The Morgan fingerprint density at radius 2 is 1.21 bits per heavy atom. The zero-order valence-corrected chi connectivity index (χ0v) is 20.1. The van der Waals surface area contributed by atoms with E-state index in [1.54, 1.807) is 18.6 Å². The molecule has 4 nitrogen and oxygen atoms in total. The molecule has 164 valence electrons. The Morgan fingerprint density at radius 1 is 0.655 bits per heavy atom. The smallest absolute Gasteiger partial charge is 0.0812 e. The Labute approximate surface area is 216 Å². The molecule has 0 spiro atoms. The second kappa shape index (κ2) is 20.3. The molecule has 3 aromatic rings. The first-order valence-corrected chi connectivity index (χ1v) is 7.38. The maximum Gasteiger partial charge on any atom is 0.0812 e. The van der Waals surface area contributed by atoms with Crippen molar-refractivity contribution in [2.45, 2.75) is 6.42 Å². The number of hydrogen-bond donors (Lipinski definition) is 0. The van der Waals surface area contributed by atoms with Crippen LogP contribution in [0.4, 0.5) is 11.4 Å². The van der Waals surface area contributed by atoms with Gasteiger partial charge in [-0.15, -0.1) is 49.6 Å². The first-order chi connectivity index (χ1) is 11.4. The van der Waals surface area contributed by atoms with E-state index < -0.39 is 0 Å². The number of aliphatic imine (C=N–C) groups is 2. The summed E-state index contributed by atoms with van der Waals surface area (Å²) in [6.07, 6.45) is 7.88. The summed E-state index contributed by atoms with van der Waals surface area (Å²) in [7, 11) is 0. The Bertz CT molecular complexity index is 805. The van der Waals surface area contributed by atoms with E-state index in [9.17, 15) is 0 Å². The molecule has 0 aliphatic heterocycles. The van der Waals surface area contributed by atoms with Gasteiger partial charge in [0.25, 0.3) is 0 Å². The Kier molecular flexibility index (Phi) is 24.8. The summed E-state index contributed by atoms with van der Waals surface area (Å²) in [5, 5.41) is 0. The van der Waals surface area contributed by atoms with Crippen LogP contribution in [0.25, 0.3) is 0 Å². The second-order valence-electron chi connectivity index (χ2n) is 4.87. The van der Waals surface area contributed by atoms with E-state index in [1.165, 1.54) is 0 Å². The fourth-order valence-electron chi connectivity index (χ4n) is 1.98. The van der Waals surface area contributed by atoms with Gasteiger partial charge in [-0.05, 0) is 48.5 Å². The van der Waals surface area contributed by atoms with Crippen molar-refractivity contribution in [1.29, 1.82) is 0 Å². The predicted molar refractivity (Wildman–Crippen MR) is 123 cm³/mol. The predicted octanol–water partition coefficient (Wildman–Crippen LogP) is 5.85. The number of pyridine rings is 2. The molecule has 0 aliphatic carbocycles. The van der Waals surface area contributed by atoms with Crippen LogP contribution in [0, 0.1) is 0 Å². The molecule has 0 N–H and O–H groups in total. The van der Waals surface area contributed by atoms with Crippen LogP contribution in [-0.2, 0) is 39.4 Å². The van der Waals surface area contributed by atoms with E-state index in [2.05, 4.69) is 20.0 Å². The molecule has 0 saturated carbocycles. The van der Waals surface area contributed by atoms with Gasteiger partial charge in [0.2, 0.25) is 0 Å². The molecule has 0 amide bonds. The Morgan fingerprint density at radius 3 is 1.72 bits per heavy atom. The largest absolute Gasteiger partial charge is 0.261 e. The molecule has 3 rings (SSSR count). The third kappa shape index (κ3) is 13.0. The molecule has 2 heterocycles. The van der Waals surface area contributed by atoms with Crippen molar-refractivity contribution in [3.05, 3.63) is 84.4 Å². The van der Waals surface area contributed by atoms with Gasteiger partial charge in [0.1, 0.15) is 0 Å². The standard InChI is InChI=1S/C19H16N4.4ClH.2Ni/c1-3-12-20-16(5-1)11-14-22-17-7-9-18(10-8-17)23-15-19-6-2-4-13-21-19;;;;;;/h1-10,12-15H,11H2;4*1H;;. The SMILES string of the molecule is C(Cc1ccccn1)=Nc1ccc(N=Cc2ccccn2)cc1.Cl.Cl.Cl.Cl.[Ni].[Ni]. The molecular formula is C19H20Cl4N4Ni2. The van der Waals surface area contributed by atoms with Crippen molar-refractivity contribution in [1.82, 2.24) is 9.97 Å². The summed E-state index contributed by atoms with van der Waals surface area (Å²) < 4.78 is 0. The molecule has 10 heteroatoms. The molecule has 2 aromatic heterocycles. The summed E-state index contributed by atoms with van der Waals surface area (Å²) in [5.41, 5.74) is 3.62. The summed E-state index contributed by atoms with van der Waals surface area (Å²) in [5.74, 6) is 0. The molecule has 0 bridgehead atoms. The van der Waals surface area contributed by atoms with E-state index in [4.69, 9.17) is 0 Å². The first kappa shape index (κ1) is 35.4. The summed E-state index contributed by atoms with van der Waals surface area (Å²) in [6.45, 7) is 0. The maximum absolute atomic E-state index is 4.43. The number of aromatic nitrogens is 2. The number of hydrogen-bond acceptors (Lipinski definition) is 4. The minimum Gasteiger partial charge on any atom is -0.261 e. The van der Waals surface area contributed by atoms with Crippen LogP contribution in [-0.4, -0.2) is 22.4 Å². The molecule has 1 aromatic carbocycles. The molecule has 0 fully saturated rings. The first-order valence-electron chi connectivity index (χ1n) is 7.38. The van der Waals surface area contributed by atoms with Crippen LogP contribution in [0.15, 0.2) is 83.0 Å². The molecule has 0 saturated heterocycles. The zero-order valence-electron chi connectivity index (χ0n) is 14.8. The zero-order chi connectivity index (χ0) is 15.7. The van der Waals surface area contributed by atoms with Crippen LogP contribution in [0.1, 0.15) is 11.4 Å². The fraction of sp³-hybridized carbons (Fsp3) is 0.0526. The van der Waals surface area contributed by atoms with Crippen molar-refractivity contribution in [3.63, 3.8) is 0 Å². The molecule has 0 unspecified atom stereocenters. The van der Waals surface area contributed by atoms with Crippen molar-refractivity contribution in [2.24, 2.45) is 9.98 Å². The van der Waals surface area contributed by atoms with Gasteiger partial charge in [-0.2, -0.15) is 0 Å². The Hall–Kier alpha value is -0.993. The number of rotatable bonds is 5. The van der Waals surface area contributed by atoms with Gasteiger partial charge in [0.05, 0.1) is 23.3 Å². The van der Waals surface area contributed by atoms with Gasteiger partial charge in [0.15, 0.2) is 0 Å². The van der Waals surface area contributed by atoms with Crippen molar-refractivity contribution < 1.29 is 33.0 Å². The van der Waals surface area contributed by atoms with Crippen LogP contribution in [0.2, 0.25) is 0 Å². The molecule has 0 radical (unpaired) electrons. The molecule has 29 heavy (non-hydrogen) atoms. The van der Waals surface area contributed by atoms with E-state index in [-0.39, 0.29) is 82.6 Å². The average Bonchev–Trinajstić information content (AvgIpc) is 2.63. The second-order valence-corrected chi connectivity index (χ2v) is 4.87. The molecule has 0 atom stereocenters. The van der Waals surface area contributed by atoms with Crippen molar-refractivity contribution >= 4 is 73.4 Å². The van der Waals surface area contributed by atoms with Gasteiger partial charge in [-0.3, -0.25) is 20.0 Å². The number of benzene rings is 1. The van der Waals surface area contributed by atoms with E-state index in [0.717, 1.165) is 29.2 Å². The quantitative estimate of drug-likeness (QED) is 0.289. The van der Waals surface area contributed by atoms with Crippen LogP contribution < -0.4 is 0 Å². The van der Waals surface area contributed by atoms with Crippen molar-refractivity contribution in [3.8, 4) is 0 Å². The minimum atomic E-state index is 0. The van der Waals surface area contributed by atoms with Crippen LogP contribution in [0.3, 0.4) is 0 Å². The van der Waals surface area contributed by atoms with Gasteiger partial charge >= 0.3 is 0 Å². The topological polar surface area (TPSA) is 50.5 Å². The monoisotopic (exact) mass is 560 g/mol. The van der Waals surface area contributed by atoms with Gasteiger partial charge in [-0.25, -0.2) is 0 Å². The summed E-state index contributed by atoms with van der Waals surface area (Å²) >= 11 is 0. The third-order valence-corrected chi connectivity index (χ3v) is 3.15. The average molecular weight is 564 g/mol. The number of nitrogens with zero attached hydrogens (tertiary/aromatic N) is 4. The third-order valence-electron chi connectivity index (χ3n) is 3.15. The van der Waals surface area contributed by atoms with Crippen molar-refractivity contribution in [2.75, 3.05) is 0 Å². The summed E-state index contributed by atoms with van der Waals surface area (Å²) in [6, 6.07) is 19.4. The normalized spacial score (nSPS) is 8.97. The Balaban J connectivity index is -0.000000521. The van der Waals surface area contributed by atoms with Gasteiger partial charge < -0.3 is 0 Å². The number of halogens is 4. The van der Waals surface area contributed by atoms with E-state index in [1.807, 2.05) is 66.9 Å². The maximum atomic E-state index is 4.43. The van der Waals surface area contributed by atoms with E-state index >= 15 is 0 Å². The van der Waals surface area contributed by atoms with Gasteiger partial charge in [-0.1, -0.05) is 12.1 Å². The van der Waals surface area contributed by atoms with Gasteiger partial charge in [0, 0.05) is 63.7 Å².